The van der Waals surface area contributed by atoms with Crippen LogP contribution in [0.3, 0.4) is 0 Å². The first kappa shape index (κ1) is 13.3. The van der Waals surface area contributed by atoms with Crippen molar-refractivity contribution in [3.8, 4) is 11.3 Å². The second-order valence-electron chi connectivity index (χ2n) is 5.36. The molecule has 5 heteroatoms. The van der Waals surface area contributed by atoms with Gasteiger partial charge in [0.05, 0.1) is 17.5 Å². The second kappa shape index (κ2) is 5.42. The molecule has 0 atom stereocenters. The number of hydrogen-bond acceptors (Lipinski definition) is 3. The molecule has 0 radical (unpaired) electrons. The Morgan fingerprint density at radius 1 is 1.23 bits per heavy atom. The van der Waals surface area contributed by atoms with Crippen LogP contribution in [0.1, 0.15) is 22.6 Å². The number of rotatable bonds is 3. The van der Waals surface area contributed by atoms with Gasteiger partial charge in [-0.15, -0.1) is 0 Å². The van der Waals surface area contributed by atoms with E-state index in [2.05, 4.69) is 14.9 Å². The fourth-order valence-corrected chi connectivity index (χ4v) is 3.45. The lowest BCUT2D eigenvalue weighted by Crippen LogP contribution is -2.10. The number of thiophene rings is 1. The maximum atomic E-state index is 12.0. The molecule has 1 N–H and O–H groups in total. The van der Waals surface area contributed by atoms with E-state index in [9.17, 15) is 4.79 Å². The molecular formula is C17H15N3OS. The van der Waals surface area contributed by atoms with Gasteiger partial charge in [-0.1, -0.05) is 12.1 Å². The first-order valence-corrected chi connectivity index (χ1v) is 8.24. The summed E-state index contributed by atoms with van der Waals surface area (Å²) in [5.41, 5.74) is 3.79. The average Bonchev–Trinajstić information content (AvgIpc) is 3.26. The number of aromatic nitrogens is 2. The molecule has 0 spiro atoms. The van der Waals surface area contributed by atoms with E-state index in [0.29, 0.717) is 5.56 Å². The monoisotopic (exact) mass is 309 g/mol. The number of fused-ring (bicyclic) bond motifs is 1. The van der Waals surface area contributed by atoms with Crippen LogP contribution in [0.15, 0.2) is 47.3 Å². The second-order valence-corrected chi connectivity index (χ2v) is 6.14. The zero-order valence-electron chi connectivity index (χ0n) is 12.0. The van der Waals surface area contributed by atoms with E-state index < -0.39 is 0 Å². The highest BCUT2D eigenvalue weighted by Gasteiger charge is 2.16. The number of nitrogens with one attached hydrogen (secondary N) is 1. The largest absolute Gasteiger partial charge is 0.328 e. The average molecular weight is 309 g/mol. The number of aryl methyl sites for hydroxylation is 1. The lowest BCUT2D eigenvalue weighted by atomic mass is 10.1. The van der Waals surface area contributed by atoms with E-state index in [4.69, 9.17) is 0 Å². The molecular weight excluding hydrogens is 294 g/mol. The number of amides is 1. The minimum Gasteiger partial charge on any atom is -0.328 e. The van der Waals surface area contributed by atoms with Crippen LogP contribution in [0.5, 0.6) is 0 Å². The molecule has 2 aromatic heterocycles. The minimum atomic E-state index is -0.0701. The van der Waals surface area contributed by atoms with Crippen molar-refractivity contribution in [1.82, 2.24) is 9.55 Å². The van der Waals surface area contributed by atoms with Crippen LogP contribution in [0, 0.1) is 0 Å². The Labute approximate surface area is 132 Å². The summed E-state index contributed by atoms with van der Waals surface area (Å²) in [6.45, 7) is 1.04. The topological polar surface area (TPSA) is 46.9 Å². The minimum absolute atomic E-state index is 0.0701. The zero-order valence-corrected chi connectivity index (χ0v) is 12.8. The van der Waals surface area contributed by atoms with Gasteiger partial charge in [-0.3, -0.25) is 4.79 Å². The van der Waals surface area contributed by atoms with Gasteiger partial charge in [0.2, 0.25) is 0 Å². The zero-order chi connectivity index (χ0) is 14.9. The molecule has 0 fully saturated rings. The Morgan fingerprint density at radius 3 is 2.86 bits per heavy atom. The molecule has 1 amide bonds. The highest BCUT2D eigenvalue weighted by Crippen LogP contribution is 2.26. The van der Waals surface area contributed by atoms with Crippen LogP contribution >= 0.6 is 11.3 Å². The predicted octanol–water partition coefficient (Wildman–Crippen LogP) is 3.81. The fraction of sp³-hybridized carbons (Fsp3) is 0.176. The van der Waals surface area contributed by atoms with Gasteiger partial charge in [0.25, 0.3) is 5.91 Å². The van der Waals surface area contributed by atoms with Gasteiger partial charge < -0.3 is 9.88 Å². The molecule has 4 nitrogen and oxygen atoms in total. The van der Waals surface area contributed by atoms with Crippen molar-refractivity contribution in [1.29, 1.82) is 0 Å². The van der Waals surface area contributed by atoms with E-state index in [-0.39, 0.29) is 5.91 Å². The van der Waals surface area contributed by atoms with Gasteiger partial charge in [0.15, 0.2) is 0 Å². The maximum Gasteiger partial charge on any atom is 0.256 e. The van der Waals surface area contributed by atoms with E-state index in [1.165, 1.54) is 23.6 Å². The maximum absolute atomic E-state index is 12.0. The van der Waals surface area contributed by atoms with Crippen LogP contribution in [0.2, 0.25) is 0 Å². The van der Waals surface area contributed by atoms with E-state index in [1.807, 2.05) is 47.3 Å². The number of imidazole rings is 1. The summed E-state index contributed by atoms with van der Waals surface area (Å²) in [7, 11) is 0. The number of anilines is 1. The van der Waals surface area contributed by atoms with E-state index >= 15 is 0 Å². The van der Waals surface area contributed by atoms with Gasteiger partial charge in [-0.05, 0) is 35.6 Å². The standard InChI is InChI=1S/C17H15N3OS/c21-17(13-7-9-22-11-13)19-14-5-3-12(4-6-14)15-10-18-16-2-1-8-20(15)16/h3-7,9-11H,1-2,8H2,(H,19,21). The van der Waals surface area contributed by atoms with Gasteiger partial charge in [0.1, 0.15) is 5.82 Å². The van der Waals surface area contributed by atoms with Crippen LogP contribution in [0.25, 0.3) is 11.3 Å². The van der Waals surface area contributed by atoms with Gasteiger partial charge in [-0.25, -0.2) is 4.98 Å². The van der Waals surface area contributed by atoms with Crippen molar-refractivity contribution in [3.63, 3.8) is 0 Å². The predicted molar refractivity (Wildman–Crippen MR) is 88.3 cm³/mol. The third kappa shape index (κ3) is 2.33. The third-order valence-electron chi connectivity index (χ3n) is 3.94. The molecule has 1 aliphatic heterocycles. The smallest absolute Gasteiger partial charge is 0.256 e. The Morgan fingerprint density at radius 2 is 2.09 bits per heavy atom. The van der Waals surface area contributed by atoms with Crippen LogP contribution in [-0.2, 0) is 13.0 Å². The SMILES string of the molecule is O=C(Nc1ccc(-c2cnc3n2CCC3)cc1)c1ccsc1. The van der Waals surface area contributed by atoms with Gasteiger partial charge in [0, 0.05) is 24.0 Å². The Bertz CT molecular complexity index is 803. The van der Waals surface area contributed by atoms with Crippen molar-refractivity contribution in [2.24, 2.45) is 0 Å². The number of carbonyl (C=O) groups is 1. The lowest BCUT2D eigenvalue weighted by Gasteiger charge is -2.07. The summed E-state index contributed by atoms with van der Waals surface area (Å²) in [4.78, 5) is 16.5. The third-order valence-corrected chi connectivity index (χ3v) is 4.63. The first-order chi connectivity index (χ1) is 10.8. The van der Waals surface area contributed by atoms with Crippen molar-refractivity contribution < 1.29 is 4.79 Å². The molecule has 3 aromatic rings. The Kier molecular flexibility index (Phi) is 3.27. The molecule has 110 valence electrons. The summed E-state index contributed by atoms with van der Waals surface area (Å²) in [6, 6.07) is 9.77. The van der Waals surface area contributed by atoms with Crippen molar-refractivity contribution in [2.75, 3.05) is 5.32 Å². The molecule has 0 aliphatic carbocycles. The summed E-state index contributed by atoms with van der Waals surface area (Å²) in [6.07, 6.45) is 4.17. The summed E-state index contributed by atoms with van der Waals surface area (Å²) < 4.78 is 2.28. The van der Waals surface area contributed by atoms with Crippen molar-refractivity contribution >= 4 is 22.9 Å². The number of carbonyl (C=O) groups excluding carboxylic acids is 1. The quantitative estimate of drug-likeness (QED) is 0.799. The molecule has 0 saturated carbocycles. The molecule has 0 unspecified atom stereocenters. The summed E-state index contributed by atoms with van der Waals surface area (Å²) in [5.74, 6) is 1.10. The Hall–Kier alpha value is -2.40. The number of hydrogen-bond donors (Lipinski definition) is 1. The van der Waals surface area contributed by atoms with Gasteiger partial charge >= 0.3 is 0 Å². The highest BCUT2D eigenvalue weighted by molar-refractivity contribution is 7.08. The van der Waals surface area contributed by atoms with Crippen LogP contribution < -0.4 is 5.32 Å². The highest BCUT2D eigenvalue weighted by atomic mass is 32.1. The lowest BCUT2D eigenvalue weighted by molar-refractivity contribution is 0.102. The summed E-state index contributed by atoms with van der Waals surface area (Å²) >= 11 is 1.52. The van der Waals surface area contributed by atoms with E-state index in [0.717, 1.165) is 29.9 Å². The molecule has 3 heterocycles. The molecule has 4 rings (SSSR count). The number of benzene rings is 1. The van der Waals surface area contributed by atoms with Crippen molar-refractivity contribution in [2.45, 2.75) is 19.4 Å². The van der Waals surface area contributed by atoms with Crippen LogP contribution in [-0.4, -0.2) is 15.5 Å². The molecule has 0 saturated heterocycles. The molecule has 1 aliphatic rings. The van der Waals surface area contributed by atoms with Crippen molar-refractivity contribution in [3.05, 3.63) is 58.7 Å². The number of nitrogens with zero attached hydrogens (tertiary/aromatic N) is 2. The fourth-order valence-electron chi connectivity index (χ4n) is 2.81. The van der Waals surface area contributed by atoms with Gasteiger partial charge in [-0.2, -0.15) is 11.3 Å². The van der Waals surface area contributed by atoms with E-state index in [1.54, 1.807) is 0 Å². The normalized spacial score (nSPS) is 13.1. The molecule has 0 bridgehead atoms. The first-order valence-electron chi connectivity index (χ1n) is 7.30. The molecule has 1 aromatic carbocycles. The Balaban J connectivity index is 1.54. The van der Waals surface area contributed by atoms with Crippen LogP contribution in [0.4, 0.5) is 5.69 Å². The molecule has 22 heavy (non-hydrogen) atoms. The summed E-state index contributed by atoms with van der Waals surface area (Å²) in [5, 5.41) is 6.66.